The van der Waals surface area contributed by atoms with Gasteiger partial charge in [0.2, 0.25) is 0 Å². The van der Waals surface area contributed by atoms with E-state index in [9.17, 15) is 4.79 Å². The second-order valence-corrected chi connectivity index (χ2v) is 4.18. The van der Waals surface area contributed by atoms with Gasteiger partial charge in [-0.2, -0.15) is 0 Å². The van der Waals surface area contributed by atoms with Crippen LogP contribution in [0.5, 0.6) is 5.75 Å². The highest BCUT2D eigenvalue weighted by atomic mass is 16.5. The van der Waals surface area contributed by atoms with E-state index >= 15 is 0 Å². The van der Waals surface area contributed by atoms with Crippen LogP contribution in [0, 0.1) is 5.92 Å². The molecule has 0 bridgehead atoms. The van der Waals surface area contributed by atoms with Crippen molar-refractivity contribution in [1.29, 1.82) is 0 Å². The van der Waals surface area contributed by atoms with Crippen molar-refractivity contribution in [3.63, 3.8) is 0 Å². The third-order valence-corrected chi connectivity index (χ3v) is 2.99. The standard InChI is InChI=1S/C13H16N4O2/c1-3-10(4-2)13(18)19-12-7-5-11(6-8-12)17-9-14-15-16-17/h5-10H,3-4H2,1-2H3. The van der Waals surface area contributed by atoms with Crippen LogP contribution in [0.25, 0.3) is 5.69 Å². The molecule has 1 aromatic carbocycles. The maximum atomic E-state index is 11.8. The fraction of sp³-hybridized carbons (Fsp3) is 0.385. The summed E-state index contributed by atoms with van der Waals surface area (Å²) in [5, 5.41) is 10.9. The monoisotopic (exact) mass is 260 g/mol. The highest BCUT2D eigenvalue weighted by Gasteiger charge is 2.16. The van der Waals surface area contributed by atoms with Crippen molar-refractivity contribution < 1.29 is 9.53 Å². The number of benzene rings is 1. The van der Waals surface area contributed by atoms with E-state index in [1.54, 1.807) is 24.3 Å². The summed E-state index contributed by atoms with van der Waals surface area (Å²) in [7, 11) is 0. The van der Waals surface area contributed by atoms with E-state index in [0.29, 0.717) is 5.75 Å². The molecule has 0 aliphatic heterocycles. The summed E-state index contributed by atoms with van der Waals surface area (Å²) in [6.07, 6.45) is 3.08. The first-order valence-electron chi connectivity index (χ1n) is 6.29. The number of nitrogens with zero attached hydrogens (tertiary/aromatic N) is 4. The van der Waals surface area contributed by atoms with Crippen molar-refractivity contribution >= 4 is 5.97 Å². The zero-order valence-corrected chi connectivity index (χ0v) is 11.0. The molecule has 0 radical (unpaired) electrons. The van der Waals surface area contributed by atoms with E-state index in [0.717, 1.165) is 18.5 Å². The number of hydrogen-bond acceptors (Lipinski definition) is 5. The van der Waals surface area contributed by atoms with E-state index in [1.165, 1.54) is 11.0 Å². The van der Waals surface area contributed by atoms with Gasteiger partial charge < -0.3 is 4.74 Å². The Labute approximate surface area is 111 Å². The molecule has 0 atom stereocenters. The van der Waals surface area contributed by atoms with Crippen molar-refractivity contribution in [2.75, 3.05) is 0 Å². The number of carbonyl (C=O) groups excluding carboxylic acids is 1. The Kier molecular flexibility index (Phi) is 4.22. The number of hydrogen-bond donors (Lipinski definition) is 0. The number of rotatable bonds is 5. The summed E-state index contributed by atoms with van der Waals surface area (Å²) in [6.45, 7) is 3.96. The van der Waals surface area contributed by atoms with E-state index in [4.69, 9.17) is 4.74 Å². The lowest BCUT2D eigenvalue weighted by Crippen LogP contribution is -2.19. The Balaban J connectivity index is 2.05. The number of tetrazole rings is 1. The highest BCUT2D eigenvalue weighted by molar-refractivity contribution is 5.75. The van der Waals surface area contributed by atoms with Crippen LogP contribution in [0.2, 0.25) is 0 Å². The molecule has 6 heteroatoms. The van der Waals surface area contributed by atoms with Gasteiger partial charge in [0.15, 0.2) is 0 Å². The molecule has 0 N–H and O–H groups in total. The molecule has 100 valence electrons. The highest BCUT2D eigenvalue weighted by Crippen LogP contribution is 2.17. The predicted molar refractivity (Wildman–Crippen MR) is 68.9 cm³/mol. The third-order valence-electron chi connectivity index (χ3n) is 2.99. The van der Waals surface area contributed by atoms with Gasteiger partial charge in [-0.15, -0.1) is 5.10 Å². The minimum absolute atomic E-state index is 0.0424. The SMILES string of the molecule is CCC(CC)C(=O)Oc1ccc(-n2cnnn2)cc1. The van der Waals surface area contributed by atoms with E-state index < -0.39 is 0 Å². The van der Waals surface area contributed by atoms with Crippen LogP contribution in [0.15, 0.2) is 30.6 Å². The van der Waals surface area contributed by atoms with Crippen molar-refractivity contribution in [3.8, 4) is 11.4 Å². The molecule has 19 heavy (non-hydrogen) atoms. The van der Waals surface area contributed by atoms with Crippen LogP contribution in [0.4, 0.5) is 0 Å². The minimum Gasteiger partial charge on any atom is -0.426 e. The Hall–Kier alpha value is -2.24. The largest absolute Gasteiger partial charge is 0.426 e. The molecule has 0 saturated carbocycles. The zero-order valence-electron chi connectivity index (χ0n) is 11.0. The lowest BCUT2D eigenvalue weighted by atomic mass is 10.0. The van der Waals surface area contributed by atoms with Crippen LogP contribution < -0.4 is 4.74 Å². The molecule has 0 fully saturated rings. The fourth-order valence-corrected chi connectivity index (χ4v) is 1.77. The number of esters is 1. The molecular formula is C13H16N4O2. The topological polar surface area (TPSA) is 69.9 Å². The normalized spacial score (nSPS) is 10.7. The second-order valence-electron chi connectivity index (χ2n) is 4.18. The first kappa shape index (κ1) is 13.2. The van der Waals surface area contributed by atoms with Crippen LogP contribution in [0.1, 0.15) is 26.7 Å². The van der Waals surface area contributed by atoms with Crippen molar-refractivity contribution in [1.82, 2.24) is 20.2 Å². The molecule has 1 heterocycles. The van der Waals surface area contributed by atoms with Gasteiger partial charge >= 0.3 is 5.97 Å². The minimum atomic E-state index is -0.180. The molecule has 0 spiro atoms. The van der Waals surface area contributed by atoms with Gasteiger partial charge in [0.25, 0.3) is 0 Å². The Morgan fingerprint density at radius 2 is 1.95 bits per heavy atom. The molecule has 1 aromatic heterocycles. The van der Waals surface area contributed by atoms with Gasteiger partial charge in [0.05, 0.1) is 11.6 Å². The average Bonchev–Trinajstić information content (AvgIpc) is 2.95. The maximum Gasteiger partial charge on any atom is 0.314 e. The van der Waals surface area contributed by atoms with Crippen LogP contribution in [-0.2, 0) is 4.79 Å². The van der Waals surface area contributed by atoms with E-state index in [-0.39, 0.29) is 11.9 Å². The van der Waals surface area contributed by atoms with Crippen molar-refractivity contribution in [2.24, 2.45) is 5.92 Å². The van der Waals surface area contributed by atoms with E-state index in [2.05, 4.69) is 15.5 Å². The zero-order chi connectivity index (χ0) is 13.7. The van der Waals surface area contributed by atoms with Gasteiger partial charge in [-0.05, 0) is 47.5 Å². The van der Waals surface area contributed by atoms with Crippen LogP contribution in [0.3, 0.4) is 0 Å². The van der Waals surface area contributed by atoms with Crippen molar-refractivity contribution in [3.05, 3.63) is 30.6 Å². The van der Waals surface area contributed by atoms with Crippen LogP contribution >= 0.6 is 0 Å². The van der Waals surface area contributed by atoms with Gasteiger partial charge in [0.1, 0.15) is 12.1 Å². The first-order valence-corrected chi connectivity index (χ1v) is 6.29. The Morgan fingerprint density at radius 1 is 1.26 bits per heavy atom. The summed E-state index contributed by atoms with van der Waals surface area (Å²) in [5.41, 5.74) is 0.812. The third kappa shape index (κ3) is 3.15. The lowest BCUT2D eigenvalue weighted by Gasteiger charge is -2.11. The number of ether oxygens (including phenoxy) is 1. The van der Waals surface area contributed by atoms with Crippen LogP contribution in [-0.4, -0.2) is 26.2 Å². The molecule has 0 aliphatic carbocycles. The molecule has 2 rings (SSSR count). The van der Waals surface area contributed by atoms with Crippen molar-refractivity contribution in [2.45, 2.75) is 26.7 Å². The molecule has 2 aromatic rings. The molecule has 0 unspecified atom stereocenters. The molecule has 0 aliphatic rings. The van der Waals surface area contributed by atoms with Gasteiger partial charge in [-0.3, -0.25) is 4.79 Å². The summed E-state index contributed by atoms with van der Waals surface area (Å²) in [4.78, 5) is 11.8. The van der Waals surface area contributed by atoms with Gasteiger partial charge in [-0.25, -0.2) is 4.68 Å². The smallest absolute Gasteiger partial charge is 0.314 e. The summed E-state index contributed by atoms with van der Waals surface area (Å²) in [6, 6.07) is 7.06. The Morgan fingerprint density at radius 3 is 2.47 bits per heavy atom. The quantitative estimate of drug-likeness (QED) is 0.607. The molecule has 6 nitrogen and oxygen atoms in total. The Bertz CT molecular complexity index is 518. The summed E-state index contributed by atoms with van der Waals surface area (Å²) >= 11 is 0. The molecule has 0 saturated heterocycles. The number of aromatic nitrogens is 4. The predicted octanol–water partition coefficient (Wildman–Crippen LogP) is 2.00. The lowest BCUT2D eigenvalue weighted by molar-refractivity contribution is -0.139. The first-order chi connectivity index (χ1) is 9.24. The van der Waals surface area contributed by atoms with E-state index in [1.807, 2.05) is 13.8 Å². The summed E-state index contributed by atoms with van der Waals surface area (Å²) in [5.74, 6) is 0.313. The summed E-state index contributed by atoms with van der Waals surface area (Å²) < 4.78 is 6.87. The molecular weight excluding hydrogens is 244 g/mol. The maximum absolute atomic E-state index is 11.8. The second kappa shape index (κ2) is 6.08. The van der Waals surface area contributed by atoms with Gasteiger partial charge in [-0.1, -0.05) is 13.8 Å². The molecule has 0 amide bonds. The van der Waals surface area contributed by atoms with Gasteiger partial charge in [0, 0.05) is 0 Å². The number of carbonyl (C=O) groups is 1. The fourth-order valence-electron chi connectivity index (χ4n) is 1.77. The average molecular weight is 260 g/mol.